The molecule has 144 valence electrons. The van der Waals surface area contributed by atoms with E-state index >= 15 is 0 Å². The number of nitrogens with one attached hydrogen (secondary N) is 1. The molecule has 0 radical (unpaired) electrons. The Labute approximate surface area is 174 Å². The van der Waals surface area contributed by atoms with Crippen LogP contribution in [0.25, 0.3) is 5.69 Å². The van der Waals surface area contributed by atoms with Crippen LogP contribution in [0.4, 0.5) is 0 Å². The lowest BCUT2D eigenvalue weighted by molar-refractivity contribution is 0.625. The van der Waals surface area contributed by atoms with Crippen LogP contribution < -0.4 is 17.1 Å². The Morgan fingerprint density at radius 1 is 1.11 bits per heavy atom. The van der Waals surface area contributed by atoms with E-state index < -0.39 is 17.1 Å². The quantitative estimate of drug-likeness (QED) is 0.620. The van der Waals surface area contributed by atoms with Crippen LogP contribution in [0, 0.1) is 6.92 Å². The average molecular weight is 436 g/mol. The number of aryl methyl sites for hydroxylation is 1. The van der Waals surface area contributed by atoms with E-state index in [0.29, 0.717) is 10.0 Å². The normalized spacial score (nSPS) is 10.8. The molecule has 0 aliphatic heterocycles. The van der Waals surface area contributed by atoms with Crippen molar-refractivity contribution in [1.82, 2.24) is 14.1 Å². The third-order valence-corrected chi connectivity index (χ3v) is 5.82. The summed E-state index contributed by atoms with van der Waals surface area (Å²) in [4.78, 5) is 40.6. The first kappa shape index (κ1) is 20.3. The van der Waals surface area contributed by atoms with Gasteiger partial charge in [-0.15, -0.1) is 6.58 Å². The van der Waals surface area contributed by atoms with Gasteiger partial charge in [-0.1, -0.05) is 41.0 Å². The minimum atomic E-state index is -0.830. The van der Waals surface area contributed by atoms with Crippen molar-refractivity contribution in [3.05, 3.63) is 96.1 Å². The van der Waals surface area contributed by atoms with Crippen molar-refractivity contribution in [3.8, 4) is 5.69 Å². The van der Waals surface area contributed by atoms with Gasteiger partial charge in [-0.2, -0.15) is 0 Å². The van der Waals surface area contributed by atoms with Crippen LogP contribution in [-0.4, -0.2) is 14.1 Å². The monoisotopic (exact) mass is 435 g/mol. The van der Waals surface area contributed by atoms with Crippen molar-refractivity contribution in [2.75, 3.05) is 0 Å². The number of benzene rings is 2. The topological polar surface area (TPSA) is 76.9 Å². The number of hydrogen-bond acceptors (Lipinski definition) is 4. The first-order valence-corrected chi connectivity index (χ1v) is 9.70. The summed E-state index contributed by atoms with van der Waals surface area (Å²) in [5, 5.41) is 1.01. The summed E-state index contributed by atoms with van der Waals surface area (Å²) in [6, 6.07) is 10.5. The molecule has 1 aromatic heterocycles. The lowest BCUT2D eigenvalue weighted by atomic mass is 10.2. The van der Waals surface area contributed by atoms with E-state index in [2.05, 4.69) is 11.6 Å². The van der Waals surface area contributed by atoms with Crippen LogP contribution in [0.2, 0.25) is 10.0 Å². The number of allylic oxidation sites excluding steroid dienone is 1. The molecule has 3 aromatic rings. The average Bonchev–Trinajstić information content (AvgIpc) is 2.63. The Morgan fingerprint density at radius 3 is 2.39 bits per heavy atom. The number of nitrogens with zero attached hydrogens (tertiary/aromatic N) is 2. The molecule has 3 rings (SSSR count). The molecule has 2 aromatic carbocycles. The smallest absolute Gasteiger partial charge is 0.258 e. The summed E-state index contributed by atoms with van der Waals surface area (Å²) in [7, 11) is 0. The second kappa shape index (κ2) is 8.26. The fourth-order valence-corrected chi connectivity index (χ4v) is 4.01. The molecular weight excluding hydrogens is 421 g/mol. The Kier molecular flexibility index (Phi) is 5.98. The third kappa shape index (κ3) is 4.01. The van der Waals surface area contributed by atoms with Gasteiger partial charge in [-0.25, -0.2) is 23.5 Å². The van der Waals surface area contributed by atoms with Crippen LogP contribution >= 0.6 is 35.0 Å². The maximum absolute atomic E-state index is 12.6. The number of H-pyrrole nitrogens is 1. The largest absolute Gasteiger partial charge is 0.341 e. The van der Waals surface area contributed by atoms with E-state index in [1.165, 1.54) is 23.9 Å². The van der Waals surface area contributed by atoms with Crippen LogP contribution in [0.5, 0.6) is 0 Å². The van der Waals surface area contributed by atoms with Gasteiger partial charge >= 0.3 is 17.1 Å². The van der Waals surface area contributed by atoms with Gasteiger partial charge in [0.1, 0.15) is 0 Å². The molecule has 0 atom stereocenters. The Balaban J connectivity index is 2.11. The summed E-state index contributed by atoms with van der Waals surface area (Å²) in [6.45, 7) is 5.32. The van der Waals surface area contributed by atoms with Gasteiger partial charge in [0, 0.05) is 14.8 Å². The summed E-state index contributed by atoms with van der Waals surface area (Å²) in [5.41, 5.74) is -1.34. The van der Waals surface area contributed by atoms with Gasteiger partial charge in [-0.3, -0.25) is 4.98 Å². The zero-order valence-corrected chi connectivity index (χ0v) is 17.1. The van der Waals surface area contributed by atoms with Crippen molar-refractivity contribution >= 4 is 35.0 Å². The summed E-state index contributed by atoms with van der Waals surface area (Å²) < 4.78 is 1.76. The summed E-state index contributed by atoms with van der Waals surface area (Å²) >= 11 is 13.8. The molecule has 0 spiro atoms. The first-order chi connectivity index (χ1) is 13.3. The lowest BCUT2D eigenvalue weighted by Crippen LogP contribution is -2.48. The van der Waals surface area contributed by atoms with E-state index in [1.54, 1.807) is 18.2 Å². The van der Waals surface area contributed by atoms with Gasteiger partial charge in [0.05, 0.1) is 17.3 Å². The molecule has 0 bridgehead atoms. The Morgan fingerprint density at radius 2 is 1.79 bits per heavy atom. The van der Waals surface area contributed by atoms with E-state index in [9.17, 15) is 14.4 Å². The predicted octanol–water partition coefficient (Wildman–Crippen LogP) is 3.64. The molecule has 0 aliphatic carbocycles. The molecule has 0 aliphatic rings. The van der Waals surface area contributed by atoms with Crippen LogP contribution in [0.1, 0.15) is 5.56 Å². The molecule has 6 nitrogen and oxygen atoms in total. The van der Waals surface area contributed by atoms with Gasteiger partial charge < -0.3 is 0 Å². The second-order valence-electron chi connectivity index (χ2n) is 5.88. The molecule has 0 unspecified atom stereocenters. The van der Waals surface area contributed by atoms with Gasteiger partial charge in [0.15, 0.2) is 0 Å². The summed E-state index contributed by atoms with van der Waals surface area (Å²) in [6.07, 6.45) is 1.40. The molecule has 9 heteroatoms. The first-order valence-electron chi connectivity index (χ1n) is 8.13. The highest BCUT2D eigenvalue weighted by molar-refractivity contribution is 7.99. The van der Waals surface area contributed by atoms with E-state index in [-0.39, 0.29) is 12.2 Å². The highest BCUT2D eigenvalue weighted by Gasteiger charge is 2.15. The molecule has 0 amide bonds. The number of hydrogen-bond donors (Lipinski definition) is 1. The van der Waals surface area contributed by atoms with Crippen LogP contribution in [-0.2, 0) is 6.54 Å². The van der Waals surface area contributed by atoms with Crippen LogP contribution in [0.15, 0.2) is 73.2 Å². The minimum Gasteiger partial charge on any atom is -0.258 e. The zero-order chi connectivity index (χ0) is 20.4. The van der Waals surface area contributed by atoms with Gasteiger partial charge in [-0.05, 0) is 48.9 Å². The zero-order valence-electron chi connectivity index (χ0n) is 14.7. The Hall–Kier alpha value is -2.48. The number of aromatic nitrogens is 3. The SMILES string of the molecule is C=CCn1c(=O)[nH]c(=O)n(-c2cc(C)c(Sc3ccc(Cl)cc3)c(Cl)c2)c1=O. The van der Waals surface area contributed by atoms with Crippen molar-refractivity contribution in [3.63, 3.8) is 0 Å². The molecule has 0 saturated heterocycles. The number of rotatable bonds is 5. The maximum Gasteiger partial charge on any atom is 0.341 e. The van der Waals surface area contributed by atoms with Crippen molar-refractivity contribution < 1.29 is 0 Å². The predicted molar refractivity (Wildman–Crippen MR) is 112 cm³/mol. The molecule has 0 saturated carbocycles. The highest BCUT2D eigenvalue weighted by atomic mass is 35.5. The molecule has 28 heavy (non-hydrogen) atoms. The van der Waals surface area contributed by atoms with Crippen molar-refractivity contribution in [2.45, 2.75) is 23.3 Å². The minimum absolute atomic E-state index is 0.0222. The standard InChI is InChI=1S/C19H15Cl2N3O3S/c1-3-8-23-17(25)22-18(26)24(19(23)27)13-9-11(2)16(15(21)10-13)28-14-6-4-12(20)5-7-14/h3-7,9-10H,1,8H2,2H3,(H,22,25,26). The maximum atomic E-state index is 12.6. The lowest BCUT2D eigenvalue weighted by Gasteiger charge is -2.13. The van der Waals surface area contributed by atoms with Gasteiger partial charge in [0.25, 0.3) is 0 Å². The third-order valence-electron chi connectivity index (χ3n) is 3.90. The number of aromatic amines is 1. The molecular formula is C19H15Cl2N3O3S. The van der Waals surface area contributed by atoms with Crippen molar-refractivity contribution in [2.24, 2.45) is 0 Å². The number of halogens is 2. The van der Waals surface area contributed by atoms with Crippen molar-refractivity contribution in [1.29, 1.82) is 0 Å². The molecule has 0 fully saturated rings. The van der Waals surface area contributed by atoms with E-state index in [1.807, 2.05) is 19.1 Å². The van der Waals surface area contributed by atoms with E-state index in [0.717, 1.165) is 24.5 Å². The Bertz CT molecular complexity index is 1200. The van der Waals surface area contributed by atoms with E-state index in [4.69, 9.17) is 23.2 Å². The molecule has 1 heterocycles. The fourth-order valence-electron chi connectivity index (χ4n) is 2.62. The highest BCUT2D eigenvalue weighted by Crippen LogP contribution is 2.37. The molecule has 1 N–H and O–H groups in total. The van der Waals surface area contributed by atoms with Gasteiger partial charge in [0.2, 0.25) is 0 Å². The fraction of sp³-hybridized carbons (Fsp3) is 0.105. The van der Waals surface area contributed by atoms with Crippen LogP contribution in [0.3, 0.4) is 0 Å². The second-order valence-corrected chi connectivity index (χ2v) is 7.81. The summed E-state index contributed by atoms with van der Waals surface area (Å²) in [5.74, 6) is 0.